The van der Waals surface area contributed by atoms with Crippen molar-refractivity contribution >= 4 is 44.9 Å². The minimum Gasteiger partial charge on any atom is -0.312 e. The number of benzene rings is 1. The maximum atomic E-state index is 13.2. The molecule has 0 saturated carbocycles. The monoisotopic (exact) mass is 464 g/mol. The molecule has 0 aliphatic carbocycles. The Kier molecular flexibility index (Phi) is 5.04. The summed E-state index contributed by atoms with van der Waals surface area (Å²) >= 11 is 1.69. The smallest absolute Gasteiger partial charge is 0.230 e. The number of aromatic nitrogens is 2. The minimum absolute atomic E-state index is 0.0177. The van der Waals surface area contributed by atoms with E-state index in [1.54, 1.807) is 16.4 Å². The van der Waals surface area contributed by atoms with Crippen LogP contribution in [0, 0.1) is 11.7 Å². The number of amides is 2. The highest BCUT2D eigenvalue weighted by atomic mass is 32.2. The summed E-state index contributed by atoms with van der Waals surface area (Å²) in [6.07, 6.45) is 0.533. The quantitative estimate of drug-likeness (QED) is 0.744. The first kappa shape index (κ1) is 20.5. The van der Waals surface area contributed by atoms with Crippen molar-refractivity contribution in [1.29, 1.82) is 0 Å². The number of halogens is 1. The number of hydrogen-bond donors (Lipinski definition) is 1. The van der Waals surface area contributed by atoms with E-state index in [4.69, 9.17) is 0 Å². The van der Waals surface area contributed by atoms with E-state index in [-0.39, 0.29) is 42.3 Å². The molecule has 0 bridgehead atoms. The van der Waals surface area contributed by atoms with Crippen molar-refractivity contribution in [3.8, 4) is 0 Å². The van der Waals surface area contributed by atoms with E-state index in [1.165, 1.54) is 29.2 Å². The Bertz CT molecular complexity index is 1160. The van der Waals surface area contributed by atoms with Gasteiger partial charge in [-0.15, -0.1) is 0 Å². The zero-order valence-corrected chi connectivity index (χ0v) is 18.2. The molecule has 2 saturated heterocycles. The predicted octanol–water partition coefficient (Wildman–Crippen LogP) is 2.12. The number of hydrogen-bond acceptors (Lipinski definition) is 6. The number of nitrogens with one attached hydrogen (secondary N) is 1. The van der Waals surface area contributed by atoms with Crippen LogP contribution < -0.4 is 10.2 Å². The molecule has 3 aliphatic heterocycles. The Morgan fingerprint density at radius 2 is 2.00 bits per heavy atom. The Labute approximate surface area is 183 Å². The van der Waals surface area contributed by atoms with Crippen molar-refractivity contribution in [2.75, 3.05) is 28.3 Å². The summed E-state index contributed by atoms with van der Waals surface area (Å²) in [4.78, 5) is 27.0. The number of anilines is 2. The number of carbonyl (C=O) groups excluding carboxylic acids is 2. The summed E-state index contributed by atoms with van der Waals surface area (Å²) in [6.45, 7) is 0.208. The van der Waals surface area contributed by atoms with Gasteiger partial charge in [0, 0.05) is 35.7 Å². The van der Waals surface area contributed by atoms with Crippen LogP contribution in [0.15, 0.2) is 24.3 Å². The number of sulfone groups is 1. The highest BCUT2D eigenvalue weighted by Gasteiger charge is 2.38. The second-order valence-corrected chi connectivity index (χ2v) is 11.4. The number of carbonyl (C=O) groups is 2. The van der Waals surface area contributed by atoms with Crippen LogP contribution in [-0.2, 0) is 30.9 Å². The van der Waals surface area contributed by atoms with Crippen LogP contribution >= 0.6 is 11.8 Å². The van der Waals surface area contributed by atoms with Crippen molar-refractivity contribution in [1.82, 2.24) is 9.78 Å². The Balaban J connectivity index is 1.36. The van der Waals surface area contributed by atoms with Gasteiger partial charge in [0.15, 0.2) is 9.84 Å². The molecule has 0 spiro atoms. The molecule has 2 amide bonds. The van der Waals surface area contributed by atoms with Gasteiger partial charge in [0.2, 0.25) is 11.8 Å². The molecule has 5 rings (SSSR count). The lowest BCUT2D eigenvalue weighted by Gasteiger charge is -2.18. The summed E-state index contributed by atoms with van der Waals surface area (Å²) in [6, 6.07) is 5.31. The van der Waals surface area contributed by atoms with Crippen LogP contribution in [-0.4, -0.2) is 48.1 Å². The first-order valence-electron chi connectivity index (χ1n) is 10.1. The van der Waals surface area contributed by atoms with Gasteiger partial charge in [0.05, 0.1) is 29.2 Å². The van der Waals surface area contributed by atoms with Crippen LogP contribution in [0.1, 0.15) is 30.1 Å². The van der Waals surface area contributed by atoms with Gasteiger partial charge in [-0.25, -0.2) is 17.5 Å². The topological polar surface area (TPSA) is 101 Å². The van der Waals surface area contributed by atoms with Crippen LogP contribution in [0.25, 0.3) is 0 Å². The first-order chi connectivity index (χ1) is 14.8. The second kappa shape index (κ2) is 7.63. The first-order valence-corrected chi connectivity index (χ1v) is 13.0. The highest BCUT2D eigenvalue weighted by molar-refractivity contribution is 7.98. The van der Waals surface area contributed by atoms with E-state index in [1.807, 2.05) is 0 Å². The normalized spacial score (nSPS) is 24.5. The van der Waals surface area contributed by atoms with Crippen molar-refractivity contribution in [2.24, 2.45) is 5.92 Å². The highest BCUT2D eigenvalue weighted by Crippen LogP contribution is 2.38. The zero-order chi connectivity index (χ0) is 21.8. The fraction of sp³-hybridized carbons (Fsp3) is 0.450. The molecule has 3 aliphatic rings. The van der Waals surface area contributed by atoms with Gasteiger partial charge >= 0.3 is 0 Å². The Morgan fingerprint density at radius 1 is 1.23 bits per heavy atom. The maximum absolute atomic E-state index is 13.2. The van der Waals surface area contributed by atoms with Crippen LogP contribution in [0.3, 0.4) is 0 Å². The van der Waals surface area contributed by atoms with Crippen LogP contribution in [0.2, 0.25) is 0 Å². The molecule has 11 heteroatoms. The third kappa shape index (κ3) is 3.84. The molecule has 2 aromatic rings. The van der Waals surface area contributed by atoms with Gasteiger partial charge in [-0.1, -0.05) is 0 Å². The summed E-state index contributed by atoms with van der Waals surface area (Å²) < 4.78 is 38.8. The van der Waals surface area contributed by atoms with E-state index in [0.29, 0.717) is 23.7 Å². The van der Waals surface area contributed by atoms with Gasteiger partial charge in [0.25, 0.3) is 0 Å². The maximum Gasteiger partial charge on any atom is 0.230 e. The number of rotatable bonds is 4. The molecule has 1 aromatic heterocycles. The molecule has 1 aromatic carbocycles. The van der Waals surface area contributed by atoms with E-state index in [0.717, 1.165) is 17.0 Å². The van der Waals surface area contributed by atoms with Crippen LogP contribution in [0.4, 0.5) is 15.9 Å². The molecule has 8 nitrogen and oxygen atoms in total. The van der Waals surface area contributed by atoms with Gasteiger partial charge in [-0.2, -0.15) is 16.9 Å². The van der Waals surface area contributed by atoms with Crippen LogP contribution in [0.5, 0.6) is 0 Å². The standard InChI is InChI=1S/C20H21FN4O4S2/c21-13-1-3-14(4-2-13)24-8-12(7-18(24)26)20(27)22-19-16-9-30-10-17(16)23-25(19)15-5-6-31(28,29)11-15/h1-4,12,15H,5-11H2,(H,22,27). The van der Waals surface area contributed by atoms with E-state index in [2.05, 4.69) is 10.4 Å². The van der Waals surface area contributed by atoms with Crippen molar-refractivity contribution < 1.29 is 22.4 Å². The molecule has 164 valence electrons. The number of nitrogens with zero attached hydrogens (tertiary/aromatic N) is 3. The number of fused-ring (bicyclic) bond motifs is 1. The van der Waals surface area contributed by atoms with Crippen molar-refractivity contribution in [3.63, 3.8) is 0 Å². The van der Waals surface area contributed by atoms with Gasteiger partial charge < -0.3 is 10.2 Å². The largest absolute Gasteiger partial charge is 0.312 e. The molecule has 2 unspecified atom stereocenters. The fourth-order valence-electron chi connectivity index (χ4n) is 4.37. The zero-order valence-electron chi connectivity index (χ0n) is 16.6. The fourth-order valence-corrected chi connectivity index (χ4v) is 7.10. The van der Waals surface area contributed by atoms with Gasteiger partial charge in [-0.05, 0) is 30.7 Å². The minimum atomic E-state index is -3.10. The SMILES string of the molecule is O=C(Nc1c2c(nn1C1CCS(=O)(=O)C1)CSC2)C1CC(=O)N(c2ccc(F)cc2)C1. The lowest BCUT2D eigenvalue weighted by Crippen LogP contribution is -2.29. The summed E-state index contributed by atoms with van der Waals surface area (Å²) in [7, 11) is -3.10. The molecule has 1 N–H and O–H groups in total. The molecule has 4 heterocycles. The molecular formula is C20H21FN4O4S2. The Morgan fingerprint density at radius 3 is 2.71 bits per heavy atom. The van der Waals surface area contributed by atoms with Crippen molar-refractivity contribution in [2.45, 2.75) is 30.4 Å². The third-order valence-corrected chi connectivity index (χ3v) is 8.73. The van der Waals surface area contributed by atoms with E-state index in [9.17, 15) is 22.4 Å². The average molecular weight is 465 g/mol. The Hall–Kier alpha value is -2.40. The molecule has 31 heavy (non-hydrogen) atoms. The summed E-state index contributed by atoms with van der Waals surface area (Å²) in [5, 5.41) is 7.56. The lowest BCUT2D eigenvalue weighted by atomic mass is 10.1. The molecule has 2 fully saturated rings. The predicted molar refractivity (Wildman–Crippen MR) is 115 cm³/mol. The lowest BCUT2D eigenvalue weighted by molar-refractivity contribution is -0.122. The third-order valence-electron chi connectivity index (χ3n) is 6.01. The summed E-state index contributed by atoms with van der Waals surface area (Å²) in [5.41, 5.74) is 2.36. The molecule has 0 radical (unpaired) electrons. The molecule has 2 atom stereocenters. The number of thioether (sulfide) groups is 1. The second-order valence-electron chi connectivity index (χ2n) is 8.14. The van der Waals surface area contributed by atoms with E-state index >= 15 is 0 Å². The molecular weight excluding hydrogens is 443 g/mol. The van der Waals surface area contributed by atoms with Gasteiger partial charge in [-0.3, -0.25) is 9.59 Å². The van der Waals surface area contributed by atoms with Crippen molar-refractivity contribution in [3.05, 3.63) is 41.3 Å². The summed E-state index contributed by atoms with van der Waals surface area (Å²) in [5.74, 6) is 0.692. The van der Waals surface area contributed by atoms with Gasteiger partial charge in [0.1, 0.15) is 11.6 Å². The average Bonchev–Trinajstić information content (AvgIpc) is 3.47. The van der Waals surface area contributed by atoms with E-state index < -0.39 is 21.6 Å².